The number of hydrogen-bond acceptors (Lipinski definition) is 1. The maximum Gasteiger partial charge on any atom is 0.0669 e. The lowest BCUT2D eigenvalue weighted by Gasteiger charge is -2.14. The minimum absolute atomic E-state index is 0.878. The molecule has 2 heterocycles. The average Bonchev–Trinajstić information content (AvgIpc) is 3.76. The topological polar surface area (TPSA) is 17.3 Å². The molecule has 0 N–H and O–H groups in total. The van der Waals surface area contributed by atoms with Crippen LogP contribution in [0.2, 0.25) is 0 Å². The van der Waals surface area contributed by atoms with Gasteiger partial charge in [-0.25, -0.2) is 0 Å². The van der Waals surface area contributed by atoms with Crippen LogP contribution in [0.5, 0.6) is 0 Å². The van der Waals surface area contributed by atoms with Gasteiger partial charge in [-0.05, 0) is 80.7 Å². The van der Waals surface area contributed by atoms with Gasteiger partial charge in [0, 0.05) is 33.8 Å². The van der Waals surface area contributed by atoms with Crippen LogP contribution < -0.4 is 0 Å². The second-order valence-electron chi connectivity index (χ2n) is 11.9. The van der Waals surface area contributed by atoms with Crippen LogP contribution in [0.25, 0.3) is 60.2 Å². The van der Waals surface area contributed by atoms with Gasteiger partial charge in [-0.2, -0.15) is 0 Å². The molecular formula is C41H26N2. The van der Waals surface area contributed by atoms with Crippen molar-refractivity contribution in [1.82, 2.24) is 4.57 Å². The molecule has 0 saturated heterocycles. The molecule has 10 rings (SSSR count). The van der Waals surface area contributed by atoms with E-state index >= 15 is 0 Å². The molecule has 8 aromatic rings. The molecule has 200 valence electrons. The summed E-state index contributed by atoms with van der Waals surface area (Å²) in [5.41, 5.74) is 14.1. The third-order valence-corrected chi connectivity index (χ3v) is 9.62. The number of aliphatic imine (C=N–C) groups is 1. The second kappa shape index (κ2) is 8.53. The molecule has 2 nitrogen and oxygen atoms in total. The lowest BCUT2D eigenvalue weighted by Crippen LogP contribution is -2.04. The highest BCUT2D eigenvalue weighted by Crippen LogP contribution is 2.46. The van der Waals surface area contributed by atoms with Crippen molar-refractivity contribution in [3.63, 3.8) is 0 Å². The van der Waals surface area contributed by atoms with Crippen molar-refractivity contribution in [2.24, 2.45) is 4.99 Å². The Balaban J connectivity index is 1.22. The molecule has 0 spiro atoms. The molecular weight excluding hydrogens is 520 g/mol. The molecule has 43 heavy (non-hydrogen) atoms. The third kappa shape index (κ3) is 3.21. The molecule has 2 heteroatoms. The van der Waals surface area contributed by atoms with E-state index in [1.165, 1.54) is 88.1 Å². The van der Waals surface area contributed by atoms with Gasteiger partial charge in [-0.15, -0.1) is 0 Å². The van der Waals surface area contributed by atoms with Crippen LogP contribution in [0.4, 0.5) is 5.69 Å². The summed E-state index contributed by atoms with van der Waals surface area (Å²) in [7, 11) is 0. The Bertz CT molecular complexity index is 2510. The lowest BCUT2D eigenvalue weighted by atomic mass is 9.90. The summed E-state index contributed by atoms with van der Waals surface area (Å²) >= 11 is 0. The molecule has 0 bridgehead atoms. The van der Waals surface area contributed by atoms with Crippen molar-refractivity contribution >= 4 is 54.7 Å². The van der Waals surface area contributed by atoms with Gasteiger partial charge in [0.25, 0.3) is 0 Å². The van der Waals surface area contributed by atoms with E-state index in [-0.39, 0.29) is 0 Å². The first kappa shape index (κ1) is 23.1. The van der Waals surface area contributed by atoms with E-state index in [9.17, 15) is 0 Å². The zero-order valence-electron chi connectivity index (χ0n) is 23.5. The van der Waals surface area contributed by atoms with E-state index in [4.69, 9.17) is 4.99 Å². The summed E-state index contributed by atoms with van der Waals surface area (Å²) in [6.45, 7) is 0. The quantitative estimate of drug-likeness (QED) is 0.205. The van der Waals surface area contributed by atoms with Gasteiger partial charge in [-0.3, -0.25) is 4.99 Å². The van der Waals surface area contributed by atoms with E-state index in [1.807, 2.05) is 0 Å². The molecule has 0 unspecified atom stereocenters. The zero-order valence-corrected chi connectivity index (χ0v) is 23.5. The minimum atomic E-state index is 0.878. The fourth-order valence-corrected chi connectivity index (χ4v) is 7.73. The molecule has 1 aliphatic heterocycles. The highest BCUT2D eigenvalue weighted by Gasteiger charge is 2.28. The van der Waals surface area contributed by atoms with Crippen molar-refractivity contribution in [2.45, 2.75) is 12.8 Å². The number of rotatable bonds is 2. The van der Waals surface area contributed by atoms with Crippen LogP contribution in [-0.2, 0) is 12.8 Å². The van der Waals surface area contributed by atoms with Crippen molar-refractivity contribution in [1.29, 1.82) is 0 Å². The van der Waals surface area contributed by atoms with Gasteiger partial charge >= 0.3 is 0 Å². The Morgan fingerprint density at radius 2 is 1.28 bits per heavy atom. The third-order valence-electron chi connectivity index (χ3n) is 9.62. The lowest BCUT2D eigenvalue weighted by molar-refractivity contribution is 1.17. The van der Waals surface area contributed by atoms with Crippen molar-refractivity contribution in [3.05, 3.63) is 156 Å². The summed E-state index contributed by atoms with van der Waals surface area (Å²) in [4.78, 5) is 5.15. The number of aromatic nitrogens is 1. The van der Waals surface area contributed by atoms with Gasteiger partial charge < -0.3 is 4.57 Å². The van der Waals surface area contributed by atoms with Crippen LogP contribution in [0.3, 0.4) is 0 Å². The highest BCUT2D eigenvalue weighted by atomic mass is 15.0. The number of para-hydroxylation sites is 2. The predicted molar refractivity (Wildman–Crippen MR) is 180 cm³/mol. The summed E-state index contributed by atoms with van der Waals surface area (Å²) in [6.07, 6.45) is 1.80. The molecule has 0 fully saturated rings. The van der Waals surface area contributed by atoms with E-state index in [0.717, 1.165) is 18.5 Å². The fourth-order valence-electron chi connectivity index (χ4n) is 7.73. The van der Waals surface area contributed by atoms with E-state index in [1.54, 1.807) is 0 Å². The highest BCUT2D eigenvalue weighted by molar-refractivity contribution is 6.19. The minimum Gasteiger partial charge on any atom is -0.309 e. The summed E-state index contributed by atoms with van der Waals surface area (Å²) in [5.74, 6) is 0. The molecule has 0 amide bonds. The first-order valence-corrected chi connectivity index (χ1v) is 15.1. The Hall–Kier alpha value is -5.47. The average molecular weight is 547 g/mol. The van der Waals surface area contributed by atoms with Gasteiger partial charge in [0.2, 0.25) is 0 Å². The monoisotopic (exact) mass is 546 g/mol. The van der Waals surface area contributed by atoms with Gasteiger partial charge in [0.05, 0.1) is 22.4 Å². The maximum absolute atomic E-state index is 5.15. The molecule has 1 aromatic heterocycles. The molecule has 0 atom stereocenters. The smallest absolute Gasteiger partial charge is 0.0669 e. The SMILES string of the molecule is c1ccc2c(c1)CC(c1cc3ccccc3c3c1-c1ccc(-n4c5ccccc5c5ccc6ccccc6c54)cc1C3)=N2. The Labute approximate surface area is 249 Å². The Morgan fingerprint density at radius 1 is 0.512 bits per heavy atom. The van der Waals surface area contributed by atoms with Crippen LogP contribution in [0.15, 0.2) is 138 Å². The number of nitrogens with zero attached hydrogens (tertiary/aromatic N) is 2. The van der Waals surface area contributed by atoms with E-state index in [2.05, 4.69) is 138 Å². The van der Waals surface area contributed by atoms with Crippen molar-refractivity contribution < 1.29 is 0 Å². The summed E-state index contributed by atoms with van der Waals surface area (Å²) in [5, 5.41) is 7.77. The van der Waals surface area contributed by atoms with Crippen LogP contribution in [-0.4, -0.2) is 10.3 Å². The fraction of sp³-hybridized carbons (Fsp3) is 0.0488. The van der Waals surface area contributed by atoms with Gasteiger partial charge in [0.1, 0.15) is 0 Å². The summed E-state index contributed by atoms with van der Waals surface area (Å²) in [6, 6.07) is 49.0. The van der Waals surface area contributed by atoms with Crippen LogP contribution in [0, 0.1) is 0 Å². The largest absolute Gasteiger partial charge is 0.309 e. The summed E-state index contributed by atoms with van der Waals surface area (Å²) < 4.78 is 2.48. The number of hydrogen-bond donors (Lipinski definition) is 0. The van der Waals surface area contributed by atoms with E-state index in [0.29, 0.717) is 0 Å². The molecule has 0 saturated carbocycles. The van der Waals surface area contributed by atoms with Gasteiger partial charge in [0.15, 0.2) is 0 Å². The molecule has 2 aliphatic rings. The zero-order chi connectivity index (χ0) is 28.1. The second-order valence-corrected chi connectivity index (χ2v) is 11.9. The molecule has 0 radical (unpaired) electrons. The first-order chi connectivity index (χ1) is 21.3. The molecule has 1 aliphatic carbocycles. The standard InChI is InChI=1S/C41H26N2/c1-5-13-32-25(9-1)17-19-34-33-14-6-8-16-39(33)43(41(32)34)29-18-20-31-28(21-29)23-35-30-12-4-2-10-26(30)22-36(40(31)35)38-24-27-11-3-7-15-37(27)42-38/h1-22H,23-24H2. The van der Waals surface area contributed by atoms with Gasteiger partial charge in [-0.1, -0.05) is 103 Å². The normalized spacial score (nSPS) is 13.5. The predicted octanol–water partition coefficient (Wildman–Crippen LogP) is 10.3. The number of benzene rings is 7. The first-order valence-electron chi connectivity index (χ1n) is 15.1. The van der Waals surface area contributed by atoms with Crippen LogP contribution >= 0.6 is 0 Å². The Morgan fingerprint density at radius 3 is 2.19 bits per heavy atom. The van der Waals surface area contributed by atoms with Crippen molar-refractivity contribution in [3.8, 4) is 16.8 Å². The van der Waals surface area contributed by atoms with Crippen molar-refractivity contribution in [2.75, 3.05) is 0 Å². The van der Waals surface area contributed by atoms with E-state index < -0.39 is 0 Å². The number of fused-ring (bicyclic) bond motifs is 11. The molecule has 7 aromatic carbocycles. The Kier molecular flexibility index (Phi) is 4.59. The van der Waals surface area contributed by atoms with Crippen LogP contribution in [0.1, 0.15) is 22.3 Å². The maximum atomic E-state index is 5.15.